The molecule has 0 amide bonds. The molecule has 0 radical (unpaired) electrons. The molecule has 0 spiro atoms. The molecule has 4 aromatic carbocycles. The van der Waals surface area contributed by atoms with Gasteiger partial charge in [0.25, 0.3) is 0 Å². The van der Waals surface area contributed by atoms with Gasteiger partial charge in [0.15, 0.2) is 0 Å². The molecule has 0 N–H and O–H groups in total. The van der Waals surface area contributed by atoms with Crippen LogP contribution in [0.2, 0.25) is 0 Å². The molecular formula is C49H50Cl2F2Zr. The number of fused-ring (bicyclic) bond motifs is 5. The van der Waals surface area contributed by atoms with Crippen molar-refractivity contribution < 1.29 is 54.9 Å². The first-order valence-corrected chi connectivity index (χ1v) is 22.7. The van der Waals surface area contributed by atoms with E-state index in [4.69, 9.17) is 0 Å². The second-order valence-corrected chi connectivity index (χ2v) is 24.8. The van der Waals surface area contributed by atoms with Gasteiger partial charge in [-0.2, -0.15) is 0 Å². The average Bonchev–Trinajstić information content (AvgIpc) is 3.82. The van der Waals surface area contributed by atoms with Crippen LogP contribution >= 0.6 is 0 Å². The summed E-state index contributed by atoms with van der Waals surface area (Å²) in [5.41, 5.74) is 15.9. The Morgan fingerprint density at radius 1 is 0.611 bits per heavy atom. The van der Waals surface area contributed by atoms with E-state index in [0.717, 1.165) is 17.5 Å². The molecule has 0 saturated carbocycles. The van der Waals surface area contributed by atoms with E-state index in [9.17, 15) is 8.78 Å². The van der Waals surface area contributed by atoms with Crippen LogP contribution in [0.15, 0.2) is 106 Å². The van der Waals surface area contributed by atoms with E-state index in [-0.39, 0.29) is 61.7 Å². The van der Waals surface area contributed by atoms with Crippen LogP contribution in [0.1, 0.15) is 124 Å². The normalized spacial score (nSPS) is 17.2. The van der Waals surface area contributed by atoms with E-state index < -0.39 is 21.3 Å². The summed E-state index contributed by atoms with van der Waals surface area (Å²) in [5.74, 6) is -0.490. The van der Waals surface area contributed by atoms with Gasteiger partial charge < -0.3 is 24.8 Å². The number of rotatable bonds is 4. The van der Waals surface area contributed by atoms with Crippen molar-refractivity contribution in [2.75, 3.05) is 0 Å². The van der Waals surface area contributed by atoms with Gasteiger partial charge in [-0.3, -0.25) is 0 Å². The Bertz CT molecular complexity index is 2190. The van der Waals surface area contributed by atoms with Crippen LogP contribution < -0.4 is 24.8 Å². The molecule has 0 aliphatic heterocycles. The summed E-state index contributed by atoms with van der Waals surface area (Å²) in [6.07, 6.45) is 12.8. The summed E-state index contributed by atoms with van der Waals surface area (Å²) in [4.78, 5) is 0. The van der Waals surface area contributed by atoms with Gasteiger partial charge in [-0.25, -0.2) is 0 Å². The molecule has 4 aliphatic rings. The van der Waals surface area contributed by atoms with E-state index in [1.807, 2.05) is 24.3 Å². The van der Waals surface area contributed by atoms with Crippen LogP contribution in [0.3, 0.4) is 0 Å². The van der Waals surface area contributed by atoms with Crippen molar-refractivity contribution >= 4 is 14.4 Å². The van der Waals surface area contributed by atoms with Crippen molar-refractivity contribution in [3.05, 3.63) is 163 Å². The molecule has 278 valence electrons. The minimum Gasteiger partial charge on any atom is -1.00 e. The minimum absolute atomic E-state index is 0. The van der Waals surface area contributed by atoms with Crippen LogP contribution in [-0.2, 0) is 32.1 Å². The fourth-order valence-corrected chi connectivity index (χ4v) is 18.3. The molecule has 54 heavy (non-hydrogen) atoms. The molecule has 0 bridgehead atoms. The summed E-state index contributed by atoms with van der Waals surface area (Å²) in [7, 11) is 0. The molecule has 4 aliphatic carbocycles. The van der Waals surface area contributed by atoms with Crippen molar-refractivity contribution in [1.29, 1.82) is 0 Å². The van der Waals surface area contributed by atoms with Gasteiger partial charge in [0, 0.05) is 0 Å². The molecule has 0 saturated heterocycles. The van der Waals surface area contributed by atoms with Gasteiger partial charge >= 0.3 is 319 Å². The molecule has 8 rings (SSSR count). The van der Waals surface area contributed by atoms with Crippen molar-refractivity contribution in [2.24, 2.45) is 10.8 Å². The van der Waals surface area contributed by atoms with E-state index in [1.165, 1.54) is 62.1 Å². The summed E-state index contributed by atoms with van der Waals surface area (Å²) in [6.45, 7) is 23.5. The third-order valence-corrected chi connectivity index (χ3v) is 20.1. The van der Waals surface area contributed by atoms with Crippen molar-refractivity contribution in [1.82, 2.24) is 0 Å². The molecule has 0 nitrogen and oxygen atoms in total. The Morgan fingerprint density at radius 2 is 1.02 bits per heavy atom. The fourth-order valence-electron chi connectivity index (χ4n) is 9.29. The third-order valence-electron chi connectivity index (χ3n) is 11.8. The van der Waals surface area contributed by atoms with E-state index in [2.05, 4.69) is 124 Å². The number of hydrogen-bond donors (Lipinski definition) is 0. The van der Waals surface area contributed by atoms with Crippen molar-refractivity contribution in [2.45, 2.75) is 90.1 Å². The van der Waals surface area contributed by atoms with Crippen LogP contribution in [0, 0.1) is 22.5 Å². The van der Waals surface area contributed by atoms with E-state index in [0.29, 0.717) is 0 Å². The quantitative estimate of drug-likeness (QED) is 0.204. The maximum atomic E-state index is 14.6. The molecule has 0 fully saturated rings. The van der Waals surface area contributed by atoms with Gasteiger partial charge in [0.2, 0.25) is 0 Å². The summed E-state index contributed by atoms with van der Waals surface area (Å²) in [6, 6.07) is 24.4. The van der Waals surface area contributed by atoms with Gasteiger partial charge in [-0.15, -0.1) is 0 Å². The molecule has 4 aromatic rings. The zero-order valence-electron chi connectivity index (χ0n) is 33.1. The zero-order valence-corrected chi connectivity index (χ0v) is 37.1. The van der Waals surface area contributed by atoms with Crippen LogP contribution in [-0.4, -0.2) is 3.21 Å². The summed E-state index contributed by atoms with van der Waals surface area (Å²) in [5, 5.41) is 0. The Morgan fingerprint density at radius 3 is 1.37 bits per heavy atom. The standard InChI is InChI=1S/C31H37.C13H8F2.C5H5.2ClH.Zr/c1-28(2,3)26-16-30(7,8)24-12-18-11-19-13-25-23(15-21(19)20(18)14-22(24)26)27(29(4,5)6)17-31(25,9)10;14-12-5-1-10(2-6-12)9-11-3-7-13(15)8-4-11;1-2-4-5-3-1;;;/h11-17H,1-10H3;1-8H;1-3H,4H2;2*1H;/q;;;;;+2/p-2. The minimum atomic E-state index is -3.10. The Hall–Kier alpha value is -2.97. The molecule has 5 heteroatoms. The maximum Gasteiger partial charge on any atom is -1.00 e. The average molecular weight is 839 g/mol. The Labute approximate surface area is 341 Å². The topological polar surface area (TPSA) is 0 Å². The molecule has 0 unspecified atom stereocenters. The van der Waals surface area contributed by atoms with Crippen molar-refractivity contribution in [3.8, 4) is 11.1 Å². The Balaban J connectivity index is 0.00000249. The molecule has 0 atom stereocenters. The molecular weight excluding hydrogens is 789 g/mol. The first kappa shape index (κ1) is 40.7. The maximum absolute atomic E-state index is 14.6. The number of halogens is 4. The predicted octanol–water partition coefficient (Wildman–Crippen LogP) is 7.22. The van der Waals surface area contributed by atoms with Gasteiger partial charge in [-0.1, -0.05) is 0 Å². The SMILES string of the molecule is CC(C)(C)C1=CC(C)(C)c2cc3c(cc21)-c1cc2c(cc1[CH]3[Zr+2]([C]1=CC=CC1)=[C](c1ccc(F)cc1)c1ccc(F)cc1)C(C)(C)C=C2C(C)(C)C.[Cl-].[Cl-]. The van der Waals surface area contributed by atoms with Crippen LogP contribution in [0.5, 0.6) is 0 Å². The van der Waals surface area contributed by atoms with Crippen LogP contribution in [0.25, 0.3) is 22.3 Å². The summed E-state index contributed by atoms with van der Waals surface area (Å²) >= 11 is -3.10. The largest absolute Gasteiger partial charge is 1.00 e. The molecule has 0 heterocycles. The van der Waals surface area contributed by atoms with Gasteiger partial charge in [0.1, 0.15) is 0 Å². The van der Waals surface area contributed by atoms with Gasteiger partial charge in [0.05, 0.1) is 0 Å². The second-order valence-electron chi connectivity index (χ2n) is 18.6. The first-order chi connectivity index (χ1) is 24.3. The monoisotopic (exact) mass is 836 g/mol. The predicted molar refractivity (Wildman–Crippen MR) is 212 cm³/mol. The van der Waals surface area contributed by atoms with Crippen LogP contribution in [0.4, 0.5) is 8.78 Å². The van der Waals surface area contributed by atoms with Crippen molar-refractivity contribution in [3.63, 3.8) is 0 Å². The summed E-state index contributed by atoms with van der Waals surface area (Å²) < 4.78 is 32.1. The Kier molecular flexibility index (Phi) is 10.5. The first-order valence-electron chi connectivity index (χ1n) is 18.8. The molecule has 0 aromatic heterocycles. The third kappa shape index (κ3) is 6.69. The second kappa shape index (κ2) is 13.9. The van der Waals surface area contributed by atoms with Gasteiger partial charge in [-0.05, 0) is 0 Å². The fraction of sp³-hybridized carbons (Fsp3) is 0.327. The number of hydrogen-bond acceptors (Lipinski definition) is 0. The number of allylic oxidation sites excluding steroid dienone is 8. The number of benzene rings is 4. The zero-order chi connectivity index (χ0) is 37.1. The van der Waals surface area contributed by atoms with E-state index in [1.54, 1.807) is 24.3 Å². The smallest absolute Gasteiger partial charge is 1.00 e. The van der Waals surface area contributed by atoms with E-state index >= 15 is 0 Å².